The van der Waals surface area contributed by atoms with Crippen LogP contribution < -0.4 is 5.32 Å². The molecule has 1 fully saturated rings. The lowest BCUT2D eigenvalue weighted by Gasteiger charge is -2.40. The number of amides is 3. The maximum atomic E-state index is 13.2. The zero-order valence-corrected chi connectivity index (χ0v) is 15.9. The van der Waals surface area contributed by atoms with E-state index in [0.717, 1.165) is 5.56 Å². The van der Waals surface area contributed by atoms with Crippen molar-refractivity contribution in [2.75, 3.05) is 13.1 Å². The minimum atomic E-state index is -0.666. The van der Waals surface area contributed by atoms with E-state index in [1.54, 1.807) is 16.7 Å². The van der Waals surface area contributed by atoms with E-state index in [9.17, 15) is 9.59 Å². The van der Waals surface area contributed by atoms with Gasteiger partial charge in [-0.25, -0.2) is 4.79 Å². The highest BCUT2D eigenvalue weighted by atomic mass is 16.5. The lowest BCUT2D eigenvalue weighted by atomic mass is 10.1. The average Bonchev–Trinajstić information content (AvgIpc) is 3.03. The number of piperazine rings is 1. The van der Waals surface area contributed by atoms with Crippen molar-refractivity contribution < 1.29 is 14.1 Å². The van der Waals surface area contributed by atoms with Crippen molar-refractivity contribution in [1.82, 2.24) is 25.3 Å². The second-order valence-corrected chi connectivity index (χ2v) is 7.00. The van der Waals surface area contributed by atoms with Crippen molar-refractivity contribution in [3.05, 3.63) is 47.6 Å². The number of nitrogens with one attached hydrogen (secondary N) is 1. The monoisotopic (exact) mass is 371 g/mol. The van der Waals surface area contributed by atoms with Crippen LogP contribution in [-0.4, -0.2) is 57.1 Å². The van der Waals surface area contributed by atoms with Crippen molar-refractivity contribution in [2.45, 2.75) is 45.8 Å². The number of hydrogen-bond donors (Lipinski definition) is 1. The molecule has 8 heteroatoms. The molecule has 1 atom stereocenters. The van der Waals surface area contributed by atoms with Gasteiger partial charge < -0.3 is 19.6 Å². The molecule has 2 aromatic rings. The van der Waals surface area contributed by atoms with Crippen molar-refractivity contribution in [2.24, 2.45) is 0 Å². The highest BCUT2D eigenvalue weighted by molar-refractivity contribution is 5.88. The molecule has 144 valence electrons. The van der Waals surface area contributed by atoms with E-state index in [1.807, 2.05) is 44.2 Å². The fourth-order valence-electron chi connectivity index (χ4n) is 3.16. The van der Waals surface area contributed by atoms with Crippen LogP contribution in [0.2, 0.25) is 0 Å². The fourth-order valence-corrected chi connectivity index (χ4v) is 3.16. The standard InChI is InChI=1S/C19H25N5O3/c1-13(2)20-19(26)24-10-9-23(12-15-7-5-4-6-8-15)18(25)16(24)11-17-21-14(3)22-27-17/h4-8,13,16H,9-12H2,1-3H3,(H,20,26). The summed E-state index contributed by atoms with van der Waals surface area (Å²) in [5.41, 5.74) is 1.05. The molecule has 1 aliphatic heterocycles. The van der Waals surface area contributed by atoms with Crippen LogP contribution in [0.1, 0.15) is 31.1 Å². The van der Waals surface area contributed by atoms with E-state index in [4.69, 9.17) is 4.52 Å². The summed E-state index contributed by atoms with van der Waals surface area (Å²) in [5, 5.41) is 6.65. The normalized spacial score (nSPS) is 17.5. The third-order valence-electron chi connectivity index (χ3n) is 4.41. The molecule has 1 N–H and O–H groups in total. The van der Waals surface area contributed by atoms with Gasteiger partial charge in [-0.3, -0.25) is 4.79 Å². The Bertz CT molecular complexity index is 790. The first-order chi connectivity index (χ1) is 12.9. The van der Waals surface area contributed by atoms with E-state index in [2.05, 4.69) is 15.5 Å². The summed E-state index contributed by atoms with van der Waals surface area (Å²) in [6.07, 6.45) is 0.205. The molecule has 0 spiro atoms. The summed E-state index contributed by atoms with van der Waals surface area (Å²) in [5.74, 6) is 0.752. The van der Waals surface area contributed by atoms with E-state index in [0.29, 0.717) is 31.3 Å². The van der Waals surface area contributed by atoms with Gasteiger partial charge in [0.05, 0.1) is 6.42 Å². The summed E-state index contributed by atoms with van der Waals surface area (Å²) in [6, 6.07) is 8.89. The Hall–Kier alpha value is -2.90. The molecule has 1 saturated heterocycles. The van der Waals surface area contributed by atoms with Crippen LogP contribution in [0.4, 0.5) is 4.79 Å². The van der Waals surface area contributed by atoms with Gasteiger partial charge in [-0.05, 0) is 26.3 Å². The minimum absolute atomic E-state index is 0.0127. The molecule has 1 unspecified atom stereocenters. The van der Waals surface area contributed by atoms with Gasteiger partial charge in [-0.1, -0.05) is 35.5 Å². The quantitative estimate of drug-likeness (QED) is 0.865. The van der Waals surface area contributed by atoms with Crippen LogP contribution in [0.3, 0.4) is 0 Å². The summed E-state index contributed by atoms with van der Waals surface area (Å²) < 4.78 is 5.19. The predicted octanol–water partition coefficient (Wildman–Crippen LogP) is 1.75. The number of rotatable bonds is 5. The van der Waals surface area contributed by atoms with Crippen LogP contribution in [0.15, 0.2) is 34.9 Å². The van der Waals surface area contributed by atoms with E-state index in [1.165, 1.54) is 0 Å². The smallest absolute Gasteiger partial charge is 0.318 e. The van der Waals surface area contributed by atoms with Gasteiger partial charge in [0.1, 0.15) is 6.04 Å². The van der Waals surface area contributed by atoms with Gasteiger partial charge in [0.15, 0.2) is 5.82 Å². The molecule has 0 saturated carbocycles. The molecule has 1 aliphatic rings. The third-order valence-corrected chi connectivity index (χ3v) is 4.41. The van der Waals surface area contributed by atoms with Crippen molar-refractivity contribution in [3.63, 3.8) is 0 Å². The van der Waals surface area contributed by atoms with E-state index in [-0.39, 0.29) is 24.4 Å². The number of hydrogen-bond acceptors (Lipinski definition) is 5. The van der Waals surface area contributed by atoms with Crippen molar-refractivity contribution in [3.8, 4) is 0 Å². The Morgan fingerprint density at radius 3 is 2.67 bits per heavy atom. The van der Waals surface area contributed by atoms with Crippen LogP contribution in [0, 0.1) is 6.92 Å². The molecule has 3 amide bonds. The highest BCUT2D eigenvalue weighted by Gasteiger charge is 2.38. The summed E-state index contributed by atoms with van der Waals surface area (Å²) in [4.78, 5) is 33.3. The van der Waals surface area contributed by atoms with Crippen molar-refractivity contribution in [1.29, 1.82) is 0 Å². The summed E-state index contributed by atoms with van der Waals surface area (Å²) in [7, 11) is 0. The molecule has 3 rings (SSSR count). The lowest BCUT2D eigenvalue weighted by Crippen LogP contribution is -2.61. The highest BCUT2D eigenvalue weighted by Crippen LogP contribution is 2.18. The van der Waals surface area contributed by atoms with Gasteiger partial charge in [-0.2, -0.15) is 4.98 Å². The molecule has 1 aromatic heterocycles. The second-order valence-electron chi connectivity index (χ2n) is 7.00. The van der Waals surface area contributed by atoms with Gasteiger partial charge in [0, 0.05) is 25.7 Å². The van der Waals surface area contributed by atoms with Gasteiger partial charge in [-0.15, -0.1) is 0 Å². The largest absolute Gasteiger partial charge is 0.339 e. The zero-order chi connectivity index (χ0) is 19.4. The van der Waals surface area contributed by atoms with Crippen molar-refractivity contribution >= 4 is 11.9 Å². The first kappa shape index (κ1) is 18.9. The predicted molar refractivity (Wildman–Crippen MR) is 98.8 cm³/mol. The molecule has 1 aromatic carbocycles. The first-order valence-corrected chi connectivity index (χ1v) is 9.13. The Balaban J connectivity index is 1.79. The maximum absolute atomic E-state index is 13.2. The molecule has 0 radical (unpaired) electrons. The van der Waals surface area contributed by atoms with Crippen LogP contribution in [0.25, 0.3) is 0 Å². The summed E-state index contributed by atoms with van der Waals surface area (Å²) in [6.45, 7) is 6.95. The number of nitrogens with zero attached hydrogens (tertiary/aromatic N) is 4. The molecule has 2 heterocycles. The number of carbonyl (C=O) groups excluding carboxylic acids is 2. The Kier molecular flexibility index (Phi) is 5.73. The number of aromatic nitrogens is 2. The number of carbonyl (C=O) groups is 2. The Labute approximate surface area is 158 Å². The molecule has 0 bridgehead atoms. The SMILES string of the molecule is Cc1noc(CC2C(=O)N(Cc3ccccc3)CCN2C(=O)NC(C)C)n1. The molecular weight excluding hydrogens is 346 g/mol. The van der Waals surface area contributed by atoms with Crippen LogP contribution in [-0.2, 0) is 17.8 Å². The van der Waals surface area contributed by atoms with Gasteiger partial charge >= 0.3 is 6.03 Å². The number of urea groups is 1. The van der Waals surface area contributed by atoms with Gasteiger partial charge in [0.2, 0.25) is 11.8 Å². The van der Waals surface area contributed by atoms with Crippen LogP contribution in [0.5, 0.6) is 0 Å². The Morgan fingerprint density at radius 1 is 1.30 bits per heavy atom. The molecule has 8 nitrogen and oxygen atoms in total. The lowest BCUT2D eigenvalue weighted by molar-refractivity contribution is -0.140. The topological polar surface area (TPSA) is 91.6 Å². The zero-order valence-electron chi connectivity index (χ0n) is 15.9. The molecular formula is C19H25N5O3. The molecule has 27 heavy (non-hydrogen) atoms. The van der Waals surface area contributed by atoms with Gasteiger partial charge in [0.25, 0.3) is 0 Å². The Morgan fingerprint density at radius 2 is 2.04 bits per heavy atom. The molecule has 0 aliphatic carbocycles. The van der Waals surface area contributed by atoms with Crippen LogP contribution >= 0.6 is 0 Å². The van der Waals surface area contributed by atoms with E-state index >= 15 is 0 Å². The number of aryl methyl sites for hydroxylation is 1. The van der Waals surface area contributed by atoms with E-state index < -0.39 is 6.04 Å². The maximum Gasteiger partial charge on any atom is 0.318 e. The number of benzene rings is 1. The first-order valence-electron chi connectivity index (χ1n) is 9.13. The average molecular weight is 371 g/mol. The summed E-state index contributed by atoms with van der Waals surface area (Å²) >= 11 is 0. The fraction of sp³-hybridized carbons (Fsp3) is 0.474. The third kappa shape index (κ3) is 4.64. The minimum Gasteiger partial charge on any atom is -0.339 e. The second kappa shape index (κ2) is 8.20.